The molecule has 0 aliphatic carbocycles. The van der Waals surface area contributed by atoms with Crippen molar-refractivity contribution in [2.75, 3.05) is 18.5 Å². The van der Waals surface area contributed by atoms with Crippen LogP contribution in [-0.2, 0) is 18.6 Å². The van der Waals surface area contributed by atoms with E-state index in [0.29, 0.717) is 6.61 Å². The van der Waals surface area contributed by atoms with Gasteiger partial charge in [-0.1, -0.05) is 11.3 Å². The van der Waals surface area contributed by atoms with Crippen LogP contribution in [0.15, 0.2) is 4.21 Å². The minimum atomic E-state index is -3.82. The highest BCUT2D eigenvalue weighted by Crippen LogP contribution is 2.29. The molecule has 0 fully saturated rings. The molecular formula is C8H11ClN2O4S2. The molecule has 0 radical (unpaired) electrons. The summed E-state index contributed by atoms with van der Waals surface area (Å²) in [5.74, 6) is -0.390. The van der Waals surface area contributed by atoms with Gasteiger partial charge in [-0.2, -0.15) is 0 Å². The van der Waals surface area contributed by atoms with Crippen molar-refractivity contribution >= 4 is 42.1 Å². The molecule has 1 N–H and O–H groups in total. The molecule has 0 aromatic carbocycles. The summed E-state index contributed by atoms with van der Waals surface area (Å²) in [6.45, 7) is 3.59. The average molecular weight is 299 g/mol. The zero-order chi connectivity index (χ0) is 13.1. The van der Waals surface area contributed by atoms with Crippen LogP contribution in [0.1, 0.15) is 12.6 Å². The lowest BCUT2D eigenvalue weighted by atomic mass is 10.6. The standard InChI is InChI=1S/C8H11ClN2O4S2/c1-3-15-4-6(12)11-8-10-5(2)7(16-8)17(9,13)14/h3-4H2,1-2H3,(H,10,11,12). The molecule has 9 heteroatoms. The Hall–Kier alpha value is -0.700. The molecule has 0 unspecified atom stereocenters. The van der Waals surface area contributed by atoms with E-state index in [-0.39, 0.29) is 27.5 Å². The number of rotatable bonds is 5. The van der Waals surface area contributed by atoms with Crippen LogP contribution >= 0.6 is 22.0 Å². The molecule has 1 amide bonds. The van der Waals surface area contributed by atoms with Crippen molar-refractivity contribution in [1.82, 2.24) is 4.98 Å². The number of nitrogens with one attached hydrogen (secondary N) is 1. The third-order valence-electron chi connectivity index (χ3n) is 1.66. The first-order valence-electron chi connectivity index (χ1n) is 4.64. The van der Waals surface area contributed by atoms with E-state index in [1.54, 1.807) is 6.92 Å². The summed E-state index contributed by atoms with van der Waals surface area (Å²) < 4.78 is 27.1. The van der Waals surface area contributed by atoms with Gasteiger partial charge in [-0.3, -0.25) is 10.1 Å². The Labute approximate surface area is 107 Å². The Morgan fingerprint density at radius 2 is 2.24 bits per heavy atom. The summed E-state index contributed by atoms with van der Waals surface area (Å²) in [6, 6.07) is 0. The molecule has 0 aliphatic rings. The van der Waals surface area contributed by atoms with Gasteiger partial charge < -0.3 is 4.74 Å². The first-order chi connectivity index (χ1) is 7.84. The maximum atomic E-state index is 11.3. The maximum Gasteiger partial charge on any atom is 0.272 e. The SMILES string of the molecule is CCOCC(=O)Nc1nc(C)c(S(=O)(=O)Cl)s1. The van der Waals surface area contributed by atoms with Crippen molar-refractivity contribution in [3.8, 4) is 0 Å². The number of anilines is 1. The topological polar surface area (TPSA) is 85.4 Å². The van der Waals surface area contributed by atoms with E-state index < -0.39 is 9.05 Å². The van der Waals surface area contributed by atoms with Gasteiger partial charge in [-0.25, -0.2) is 13.4 Å². The molecule has 6 nitrogen and oxygen atoms in total. The Bertz CT molecular complexity index is 512. The first-order valence-corrected chi connectivity index (χ1v) is 7.77. The minimum Gasteiger partial charge on any atom is -0.372 e. The van der Waals surface area contributed by atoms with E-state index in [1.807, 2.05) is 0 Å². The van der Waals surface area contributed by atoms with Crippen LogP contribution in [0.25, 0.3) is 0 Å². The van der Waals surface area contributed by atoms with Crippen LogP contribution < -0.4 is 5.32 Å². The third kappa shape index (κ3) is 4.23. The number of ether oxygens (including phenoxy) is 1. The molecule has 0 saturated heterocycles. The van der Waals surface area contributed by atoms with Crippen LogP contribution in [0.2, 0.25) is 0 Å². The zero-order valence-electron chi connectivity index (χ0n) is 9.19. The fourth-order valence-corrected chi connectivity index (χ4v) is 3.38. The van der Waals surface area contributed by atoms with Gasteiger partial charge in [0.05, 0.1) is 5.69 Å². The lowest BCUT2D eigenvalue weighted by molar-refractivity contribution is -0.120. The monoisotopic (exact) mass is 298 g/mol. The second kappa shape index (κ2) is 5.76. The summed E-state index contributed by atoms with van der Waals surface area (Å²) in [7, 11) is 1.38. The number of carbonyl (C=O) groups excluding carboxylic acids is 1. The number of aryl methyl sites for hydroxylation is 1. The number of carbonyl (C=O) groups is 1. The number of amides is 1. The summed E-state index contributed by atoms with van der Waals surface area (Å²) in [5.41, 5.74) is 0.261. The predicted molar refractivity (Wildman–Crippen MR) is 65.0 cm³/mol. The molecule has 0 spiro atoms. The van der Waals surface area contributed by atoms with Gasteiger partial charge in [0.2, 0.25) is 0 Å². The van der Waals surface area contributed by atoms with E-state index in [0.717, 1.165) is 11.3 Å². The van der Waals surface area contributed by atoms with Crippen LogP contribution in [-0.4, -0.2) is 32.5 Å². The van der Waals surface area contributed by atoms with Crippen LogP contribution in [0.3, 0.4) is 0 Å². The van der Waals surface area contributed by atoms with Crippen molar-refractivity contribution in [1.29, 1.82) is 0 Å². The second-order valence-electron chi connectivity index (χ2n) is 3.02. The highest BCUT2D eigenvalue weighted by Gasteiger charge is 2.19. The van der Waals surface area contributed by atoms with Crippen molar-refractivity contribution in [2.24, 2.45) is 0 Å². The maximum absolute atomic E-state index is 11.3. The molecule has 0 aliphatic heterocycles. The number of nitrogens with zero attached hydrogens (tertiary/aromatic N) is 1. The normalized spacial score (nSPS) is 11.5. The number of halogens is 1. The van der Waals surface area contributed by atoms with Crippen LogP contribution in [0.4, 0.5) is 5.13 Å². The van der Waals surface area contributed by atoms with Gasteiger partial charge in [0.15, 0.2) is 9.34 Å². The highest BCUT2D eigenvalue weighted by atomic mass is 35.7. The molecule has 1 heterocycles. The smallest absolute Gasteiger partial charge is 0.272 e. The number of hydrogen-bond acceptors (Lipinski definition) is 6. The molecule has 0 atom stereocenters. The minimum absolute atomic E-state index is 0.0640. The van der Waals surface area contributed by atoms with Crippen molar-refractivity contribution in [2.45, 2.75) is 18.1 Å². The van der Waals surface area contributed by atoms with Crippen LogP contribution in [0, 0.1) is 6.92 Å². The van der Waals surface area contributed by atoms with Gasteiger partial charge in [0.25, 0.3) is 15.0 Å². The summed E-state index contributed by atoms with van der Waals surface area (Å²) >= 11 is 0.810. The molecule has 0 bridgehead atoms. The van der Waals surface area contributed by atoms with Gasteiger partial charge in [0.1, 0.15) is 6.61 Å². The molecule has 96 valence electrons. The number of thiazole rings is 1. The molecule has 1 rings (SSSR count). The Kier molecular flexibility index (Phi) is 4.87. The van der Waals surface area contributed by atoms with Crippen LogP contribution in [0.5, 0.6) is 0 Å². The highest BCUT2D eigenvalue weighted by molar-refractivity contribution is 8.15. The van der Waals surface area contributed by atoms with Crippen molar-refractivity contribution < 1.29 is 17.9 Å². The fraction of sp³-hybridized carbons (Fsp3) is 0.500. The third-order valence-corrected chi connectivity index (χ3v) is 4.91. The second-order valence-corrected chi connectivity index (χ2v) is 6.78. The van der Waals surface area contributed by atoms with Gasteiger partial charge in [-0.15, -0.1) is 0 Å². The fourth-order valence-electron chi connectivity index (χ4n) is 1.01. The lowest BCUT2D eigenvalue weighted by Crippen LogP contribution is -2.17. The Balaban J connectivity index is 2.78. The Morgan fingerprint density at radius 1 is 1.59 bits per heavy atom. The quantitative estimate of drug-likeness (QED) is 0.830. The van der Waals surface area contributed by atoms with Gasteiger partial charge >= 0.3 is 0 Å². The molecular weight excluding hydrogens is 288 g/mol. The zero-order valence-corrected chi connectivity index (χ0v) is 11.6. The van der Waals surface area contributed by atoms with Crippen molar-refractivity contribution in [3.05, 3.63) is 5.69 Å². The van der Waals surface area contributed by atoms with E-state index >= 15 is 0 Å². The number of aromatic nitrogens is 1. The largest absolute Gasteiger partial charge is 0.372 e. The average Bonchev–Trinajstić information content (AvgIpc) is 2.56. The molecule has 0 saturated carbocycles. The van der Waals surface area contributed by atoms with E-state index in [9.17, 15) is 13.2 Å². The van der Waals surface area contributed by atoms with E-state index in [2.05, 4.69) is 10.3 Å². The number of hydrogen-bond donors (Lipinski definition) is 1. The predicted octanol–water partition coefficient (Wildman–Crippen LogP) is 1.35. The van der Waals surface area contributed by atoms with Gasteiger partial charge in [0, 0.05) is 17.3 Å². The van der Waals surface area contributed by atoms with E-state index in [1.165, 1.54) is 6.92 Å². The summed E-state index contributed by atoms with van der Waals surface area (Å²) in [6.07, 6.45) is 0. The Morgan fingerprint density at radius 3 is 2.71 bits per heavy atom. The van der Waals surface area contributed by atoms with Crippen molar-refractivity contribution in [3.63, 3.8) is 0 Å². The lowest BCUT2D eigenvalue weighted by Gasteiger charge is -2.00. The summed E-state index contributed by atoms with van der Waals surface area (Å²) in [4.78, 5) is 15.2. The van der Waals surface area contributed by atoms with E-state index in [4.69, 9.17) is 15.4 Å². The first kappa shape index (κ1) is 14.4. The van der Waals surface area contributed by atoms with Gasteiger partial charge in [-0.05, 0) is 13.8 Å². The molecule has 17 heavy (non-hydrogen) atoms. The molecule has 1 aromatic heterocycles. The molecule has 1 aromatic rings. The summed E-state index contributed by atoms with van der Waals surface area (Å²) in [5, 5.41) is 2.62.